The lowest BCUT2D eigenvalue weighted by Crippen LogP contribution is -2.14. The maximum Gasteiger partial charge on any atom is 0.251 e. The Labute approximate surface area is 47.2 Å². The van der Waals surface area contributed by atoms with Crippen molar-refractivity contribution in [3.05, 3.63) is 11.6 Å². The van der Waals surface area contributed by atoms with Crippen LogP contribution in [0.25, 0.3) is 0 Å². The number of hydrogen-bond donors (Lipinski definition) is 1. The molecule has 0 spiro atoms. The molecule has 0 bridgehead atoms. The number of carbonyl (C=O) groups excluding carboxylic acids is 2. The van der Waals surface area contributed by atoms with E-state index in [0.29, 0.717) is 6.29 Å². The molecule has 0 aromatic heterocycles. The van der Waals surface area contributed by atoms with Gasteiger partial charge in [0.25, 0.3) is 5.91 Å². The van der Waals surface area contributed by atoms with Crippen LogP contribution in [0.2, 0.25) is 0 Å². The van der Waals surface area contributed by atoms with Gasteiger partial charge in [-0.05, 0) is 6.92 Å². The van der Waals surface area contributed by atoms with Crippen molar-refractivity contribution in [2.45, 2.75) is 6.92 Å². The van der Waals surface area contributed by atoms with Crippen LogP contribution in [0.4, 0.5) is 0 Å². The molecule has 3 heteroatoms. The van der Waals surface area contributed by atoms with Gasteiger partial charge in [0.15, 0.2) is 6.29 Å². The van der Waals surface area contributed by atoms with Gasteiger partial charge in [0, 0.05) is 0 Å². The van der Waals surface area contributed by atoms with E-state index in [9.17, 15) is 9.59 Å². The van der Waals surface area contributed by atoms with Gasteiger partial charge >= 0.3 is 0 Å². The van der Waals surface area contributed by atoms with Crippen LogP contribution in [0, 0.1) is 0 Å². The molecule has 0 aliphatic rings. The number of rotatable bonds is 2. The first-order valence-corrected chi connectivity index (χ1v) is 2.13. The average molecular weight is 113 g/mol. The van der Waals surface area contributed by atoms with Crippen molar-refractivity contribution in [2.75, 3.05) is 0 Å². The van der Waals surface area contributed by atoms with E-state index in [0.717, 1.165) is 0 Å². The van der Waals surface area contributed by atoms with E-state index < -0.39 is 5.91 Å². The predicted molar refractivity (Wildman–Crippen MR) is 29.0 cm³/mol. The zero-order valence-electron chi connectivity index (χ0n) is 4.55. The molecule has 44 valence electrons. The van der Waals surface area contributed by atoms with Crippen molar-refractivity contribution >= 4 is 12.2 Å². The van der Waals surface area contributed by atoms with Gasteiger partial charge < -0.3 is 5.73 Å². The van der Waals surface area contributed by atoms with Crippen LogP contribution in [0.15, 0.2) is 11.6 Å². The first-order valence-electron chi connectivity index (χ1n) is 2.13. The predicted octanol–water partition coefficient (Wildman–Crippen LogP) is -0.383. The third kappa shape index (κ3) is 1.55. The first kappa shape index (κ1) is 6.88. The standard InChI is InChI=1S/C5H7NO2/c1-2-4(3-7)5(6)8/h2-3H,1H3,(H2,6,8). The number of primary amides is 1. The summed E-state index contributed by atoms with van der Waals surface area (Å²) < 4.78 is 0. The van der Waals surface area contributed by atoms with E-state index in [1.165, 1.54) is 6.08 Å². The van der Waals surface area contributed by atoms with Gasteiger partial charge in [0.1, 0.15) is 0 Å². The topological polar surface area (TPSA) is 60.2 Å². The van der Waals surface area contributed by atoms with E-state index in [-0.39, 0.29) is 5.57 Å². The molecule has 0 heterocycles. The fourth-order valence-corrected chi connectivity index (χ4v) is 0.268. The number of amides is 1. The van der Waals surface area contributed by atoms with Gasteiger partial charge in [-0.3, -0.25) is 9.59 Å². The quantitative estimate of drug-likeness (QED) is 0.229. The summed E-state index contributed by atoms with van der Waals surface area (Å²) in [6.45, 7) is 1.58. The largest absolute Gasteiger partial charge is 0.366 e. The molecule has 0 fully saturated rings. The van der Waals surface area contributed by atoms with E-state index in [4.69, 9.17) is 5.73 Å². The summed E-state index contributed by atoms with van der Waals surface area (Å²) in [5.41, 5.74) is 4.74. The number of carbonyl (C=O) groups is 2. The zero-order chi connectivity index (χ0) is 6.57. The molecule has 0 rings (SSSR count). The van der Waals surface area contributed by atoms with Crippen LogP contribution in [-0.2, 0) is 9.59 Å². The molecule has 0 radical (unpaired) electrons. The lowest BCUT2D eigenvalue weighted by molar-refractivity contribution is -0.116. The Kier molecular flexibility index (Phi) is 2.54. The minimum atomic E-state index is -0.678. The highest BCUT2D eigenvalue weighted by Gasteiger charge is 1.97. The van der Waals surface area contributed by atoms with Gasteiger partial charge in [-0.1, -0.05) is 6.08 Å². The van der Waals surface area contributed by atoms with Gasteiger partial charge in [0.2, 0.25) is 0 Å². The van der Waals surface area contributed by atoms with Crippen LogP contribution in [-0.4, -0.2) is 12.2 Å². The summed E-state index contributed by atoms with van der Waals surface area (Å²) in [4.78, 5) is 19.9. The molecule has 3 nitrogen and oxygen atoms in total. The molecular formula is C5H7NO2. The Hall–Kier alpha value is -1.12. The molecule has 0 aliphatic carbocycles. The molecule has 0 aromatic rings. The summed E-state index contributed by atoms with van der Waals surface area (Å²) in [6, 6.07) is 0. The highest BCUT2D eigenvalue weighted by atomic mass is 16.2. The lowest BCUT2D eigenvalue weighted by Gasteiger charge is -1.84. The monoisotopic (exact) mass is 113 g/mol. The Morgan fingerprint density at radius 2 is 2.12 bits per heavy atom. The third-order valence-electron chi connectivity index (χ3n) is 0.722. The molecule has 2 N–H and O–H groups in total. The van der Waals surface area contributed by atoms with E-state index in [1.54, 1.807) is 6.92 Å². The number of hydrogen-bond acceptors (Lipinski definition) is 2. The SMILES string of the molecule is CC=C(C=O)C(N)=O. The Bertz CT molecular complexity index is 137. The molecule has 0 atom stereocenters. The number of nitrogens with two attached hydrogens (primary N) is 1. The van der Waals surface area contributed by atoms with Gasteiger partial charge in [-0.25, -0.2) is 0 Å². The highest BCUT2D eigenvalue weighted by molar-refractivity contribution is 6.09. The Balaban J connectivity index is 4.13. The first-order chi connectivity index (χ1) is 3.72. The Morgan fingerprint density at radius 1 is 1.62 bits per heavy atom. The van der Waals surface area contributed by atoms with Crippen LogP contribution in [0.5, 0.6) is 0 Å². The zero-order valence-corrected chi connectivity index (χ0v) is 4.55. The summed E-state index contributed by atoms with van der Waals surface area (Å²) in [5, 5.41) is 0. The second-order valence-electron chi connectivity index (χ2n) is 1.23. The lowest BCUT2D eigenvalue weighted by atomic mass is 10.3. The normalized spacial score (nSPS) is 10.9. The summed E-state index contributed by atoms with van der Waals surface area (Å²) in [6.07, 6.45) is 1.80. The second kappa shape index (κ2) is 2.96. The van der Waals surface area contributed by atoms with E-state index in [2.05, 4.69) is 0 Å². The number of aldehydes is 1. The van der Waals surface area contributed by atoms with Gasteiger partial charge in [0.05, 0.1) is 5.57 Å². The third-order valence-corrected chi connectivity index (χ3v) is 0.722. The summed E-state index contributed by atoms with van der Waals surface area (Å²) in [7, 11) is 0. The van der Waals surface area contributed by atoms with Crippen molar-refractivity contribution in [3.8, 4) is 0 Å². The molecule has 0 unspecified atom stereocenters. The van der Waals surface area contributed by atoms with Crippen molar-refractivity contribution in [2.24, 2.45) is 5.73 Å². The molecular weight excluding hydrogens is 106 g/mol. The van der Waals surface area contributed by atoms with Crippen molar-refractivity contribution in [1.82, 2.24) is 0 Å². The van der Waals surface area contributed by atoms with Crippen LogP contribution in [0.3, 0.4) is 0 Å². The van der Waals surface area contributed by atoms with Crippen molar-refractivity contribution in [1.29, 1.82) is 0 Å². The van der Waals surface area contributed by atoms with Crippen LogP contribution >= 0.6 is 0 Å². The van der Waals surface area contributed by atoms with Crippen LogP contribution < -0.4 is 5.73 Å². The maximum absolute atomic E-state index is 10.1. The smallest absolute Gasteiger partial charge is 0.251 e. The second-order valence-corrected chi connectivity index (χ2v) is 1.23. The minimum Gasteiger partial charge on any atom is -0.366 e. The Morgan fingerprint density at radius 3 is 2.12 bits per heavy atom. The molecule has 0 aliphatic heterocycles. The fourth-order valence-electron chi connectivity index (χ4n) is 0.268. The molecule has 1 amide bonds. The summed E-state index contributed by atoms with van der Waals surface area (Å²) in [5.74, 6) is -0.678. The van der Waals surface area contributed by atoms with E-state index in [1.807, 2.05) is 0 Å². The highest BCUT2D eigenvalue weighted by Crippen LogP contribution is 1.83. The molecule has 0 saturated heterocycles. The fraction of sp³-hybridized carbons (Fsp3) is 0.200. The van der Waals surface area contributed by atoms with Crippen molar-refractivity contribution in [3.63, 3.8) is 0 Å². The van der Waals surface area contributed by atoms with E-state index >= 15 is 0 Å². The van der Waals surface area contributed by atoms with Gasteiger partial charge in [-0.15, -0.1) is 0 Å². The molecule has 0 saturated carbocycles. The van der Waals surface area contributed by atoms with Crippen LogP contribution in [0.1, 0.15) is 6.92 Å². The number of allylic oxidation sites excluding steroid dienone is 1. The van der Waals surface area contributed by atoms with Gasteiger partial charge in [-0.2, -0.15) is 0 Å². The maximum atomic E-state index is 10.1. The average Bonchev–Trinajstić information content (AvgIpc) is 1.69. The van der Waals surface area contributed by atoms with Crippen molar-refractivity contribution < 1.29 is 9.59 Å². The molecule has 8 heavy (non-hydrogen) atoms. The molecule has 0 aromatic carbocycles. The summed E-state index contributed by atoms with van der Waals surface area (Å²) >= 11 is 0. The minimum absolute atomic E-state index is 0.0185.